The average Bonchev–Trinajstić information content (AvgIpc) is 2.69. The van der Waals surface area contributed by atoms with Crippen molar-refractivity contribution in [3.8, 4) is 0 Å². The third-order valence-electron chi connectivity index (χ3n) is 4.23. The van der Waals surface area contributed by atoms with Crippen molar-refractivity contribution in [1.29, 1.82) is 0 Å². The van der Waals surface area contributed by atoms with Crippen LogP contribution in [0.25, 0.3) is 6.08 Å². The van der Waals surface area contributed by atoms with Gasteiger partial charge in [-0.2, -0.15) is 0 Å². The summed E-state index contributed by atoms with van der Waals surface area (Å²) < 4.78 is 5.39. The normalized spacial score (nSPS) is 14.3. The van der Waals surface area contributed by atoms with E-state index in [4.69, 9.17) is 4.74 Å². The molecule has 136 valence electrons. The molecular weight excluding hydrogens is 324 g/mol. The van der Waals surface area contributed by atoms with Gasteiger partial charge < -0.3 is 4.74 Å². The molecule has 2 aromatic rings. The Hall–Kier alpha value is -2.68. The zero-order valence-electron chi connectivity index (χ0n) is 15.3. The summed E-state index contributed by atoms with van der Waals surface area (Å²) in [5.74, 6) is -0.101. The number of Topliss-reactive ketones (excluding diaryl/α,β-unsaturated/α-hetero) is 1. The molecule has 1 aliphatic carbocycles. The molecule has 0 spiro atoms. The smallest absolute Gasteiger partial charge is 0.331 e. The summed E-state index contributed by atoms with van der Waals surface area (Å²) in [6.07, 6.45) is 9.12. The van der Waals surface area contributed by atoms with E-state index in [-0.39, 0.29) is 17.9 Å². The SMILES string of the molecule is CC(=O)c1ccccc1.O=C(/C=C/c1ccccc1)OC1CCCCC1. The van der Waals surface area contributed by atoms with Crippen LogP contribution in [0.5, 0.6) is 0 Å². The highest BCUT2D eigenvalue weighted by Gasteiger charge is 2.16. The van der Waals surface area contributed by atoms with Gasteiger partial charge in [0.1, 0.15) is 6.10 Å². The second-order valence-electron chi connectivity index (χ2n) is 6.36. The van der Waals surface area contributed by atoms with Crippen molar-refractivity contribution in [3.05, 3.63) is 77.9 Å². The Balaban J connectivity index is 0.000000228. The maximum Gasteiger partial charge on any atom is 0.331 e. The van der Waals surface area contributed by atoms with Crippen molar-refractivity contribution < 1.29 is 14.3 Å². The number of hydrogen-bond donors (Lipinski definition) is 0. The number of rotatable bonds is 4. The molecule has 0 amide bonds. The van der Waals surface area contributed by atoms with E-state index in [1.165, 1.54) is 25.3 Å². The molecule has 26 heavy (non-hydrogen) atoms. The fourth-order valence-electron chi connectivity index (χ4n) is 2.79. The Labute approximate surface area is 155 Å². The molecule has 0 unspecified atom stereocenters. The summed E-state index contributed by atoms with van der Waals surface area (Å²) in [6.45, 7) is 1.56. The van der Waals surface area contributed by atoms with Gasteiger partial charge in [0.05, 0.1) is 0 Å². The number of esters is 1. The fraction of sp³-hybridized carbons (Fsp3) is 0.304. The number of ether oxygens (including phenoxy) is 1. The van der Waals surface area contributed by atoms with E-state index in [0.29, 0.717) is 0 Å². The molecule has 3 rings (SSSR count). The maximum atomic E-state index is 11.6. The van der Waals surface area contributed by atoms with E-state index in [0.717, 1.165) is 24.0 Å². The summed E-state index contributed by atoms with van der Waals surface area (Å²) in [4.78, 5) is 22.2. The first kappa shape index (κ1) is 19.6. The van der Waals surface area contributed by atoms with Gasteiger partial charge in [-0.1, -0.05) is 67.1 Å². The maximum absolute atomic E-state index is 11.6. The lowest BCUT2D eigenvalue weighted by Gasteiger charge is -2.20. The van der Waals surface area contributed by atoms with E-state index >= 15 is 0 Å². The van der Waals surface area contributed by atoms with E-state index in [1.54, 1.807) is 13.0 Å². The number of carbonyl (C=O) groups excluding carboxylic acids is 2. The molecular formula is C23H26O3. The summed E-state index contributed by atoms with van der Waals surface area (Å²) in [5, 5.41) is 0. The van der Waals surface area contributed by atoms with Crippen LogP contribution < -0.4 is 0 Å². The van der Waals surface area contributed by atoms with Crippen LogP contribution in [-0.2, 0) is 9.53 Å². The minimum absolute atomic E-state index is 0.121. The van der Waals surface area contributed by atoms with Crippen molar-refractivity contribution in [3.63, 3.8) is 0 Å². The Morgan fingerprint density at radius 3 is 2.00 bits per heavy atom. The third kappa shape index (κ3) is 7.47. The Kier molecular flexibility index (Phi) is 8.34. The molecule has 0 aliphatic heterocycles. The van der Waals surface area contributed by atoms with E-state index in [2.05, 4.69) is 0 Å². The molecule has 0 heterocycles. The Morgan fingerprint density at radius 2 is 1.46 bits per heavy atom. The van der Waals surface area contributed by atoms with Crippen LogP contribution in [0.15, 0.2) is 66.7 Å². The molecule has 0 radical (unpaired) electrons. The first-order valence-electron chi connectivity index (χ1n) is 9.15. The van der Waals surface area contributed by atoms with Gasteiger partial charge in [-0.05, 0) is 44.2 Å². The molecule has 2 aromatic carbocycles. The highest BCUT2D eigenvalue weighted by Crippen LogP contribution is 2.20. The number of benzene rings is 2. The van der Waals surface area contributed by atoms with Crippen LogP contribution in [0.1, 0.15) is 54.9 Å². The van der Waals surface area contributed by atoms with Gasteiger partial charge in [0.25, 0.3) is 0 Å². The van der Waals surface area contributed by atoms with E-state index < -0.39 is 0 Å². The molecule has 1 aliphatic rings. The molecule has 0 saturated heterocycles. The van der Waals surface area contributed by atoms with Gasteiger partial charge in [-0.15, -0.1) is 0 Å². The topological polar surface area (TPSA) is 43.4 Å². The first-order chi connectivity index (χ1) is 12.6. The van der Waals surface area contributed by atoms with Gasteiger partial charge >= 0.3 is 5.97 Å². The summed E-state index contributed by atoms with van der Waals surface area (Å²) in [7, 11) is 0. The quantitative estimate of drug-likeness (QED) is 0.417. The highest BCUT2D eigenvalue weighted by atomic mass is 16.5. The minimum Gasteiger partial charge on any atom is -0.459 e. The van der Waals surface area contributed by atoms with Gasteiger partial charge in [-0.3, -0.25) is 4.79 Å². The predicted octanol–water partition coefficient (Wildman–Crippen LogP) is 5.46. The fourth-order valence-corrected chi connectivity index (χ4v) is 2.79. The van der Waals surface area contributed by atoms with Crippen LogP contribution in [0.4, 0.5) is 0 Å². The van der Waals surface area contributed by atoms with Crippen molar-refractivity contribution in [2.24, 2.45) is 0 Å². The lowest BCUT2D eigenvalue weighted by Crippen LogP contribution is -2.19. The first-order valence-corrected chi connectivity index (χ1v) is 9.15. The lowest BCUT2D eigenvalue weighted by molar-refractivity contribution is -0.144. The summed E-state index contributed by atoms with van der Waals surface area (Å²) in [6, 6.07) is 19.0. The molecule has 3 nitrogen and oxygen atoms in total. The second kappa shape index (κ2) is 11.0. The van der Waals surface area contributed by atoms with E-state index in [1.807, 2.05) is 60.7 Å². The third-order valence-corrected chi connectivity index (χ3v) is 4.23. The number of hydrogen-bond acceptors (Lipinski definition) is 3. The van der Waals surface area contributed by atoms with Crippen LogP contribution >= 0.6 is 0 Å². The predicted molar refractivity (Wildman–Crippen MR) is 105 cm³/mol. The molecule has 1 saturated carbocycles. The zero-order chi connectivity index (χ0) is 18.6. The van der Waals surface area contributed by atoms with Gasteiger partial charge in [-0.25, -0.2) is 4.79 Å². The standard InChI is InChI=1S/C15H18O2.C8H8O/c16-15(17-14-9-5-2-6-10-14)12-11-13-7-3-1-4-8-13;1-7(9)8-5-3-2-4-6-8/h1,3-4,7-8,11-12,14H,2,5-6,9-10H2;2-6H,1H3/b12-11+;. The second-order valence-corrected chi connectivity index (χ2v) is 6.36. The molecule has 0 bridgehead atoms. The van der Waals surface area contributed by atoms with E-state index in [9.17, 15) is 9.59 Å². The molecule has 0 N–H and O–H groups in total. The van der Waals surface area contributed by atoms with Gasteiger partial charge in [0.2, 0.25) is 0 Å². The Morgan fingerprint density at radius 1 is 0.885 bits per heavy atom. The molecule has 0 aromatic heterocycles. The summed E-state index contributed by atoms with van der Waals surface area (Å²) >= 11 is 0. The van der Waals surface area contributed by atoms with Crippen LogP contribution in [0.3, 0.4) is 0 Å². The van der Waals surface area contributed by atoms with Gasteiger partial charge in [0, 0.05) is 11.6 Å². The monoisotopic (exact) mass is 350 g/mol. The summed E-state index contributed by atoms with van der Waals surface area (Å²) in [5.41, 5.74) is 1.80. The van der Waals surface area contributed by atoms with Crippen molar-refractivity contribution in [2.75, 3.05) is 0 Å². The van der Waals surface area contributed by atoms with Crippen LogP contribution in [0.2, 0.25) is 0 Å². The largest absolute Gasteiger partial charge is 0.459 e. The number of ketones is 1. The van der Waals surface area contributed by atoms with Crippen molar-refractivity contribution in [2.45, 2.75) is 45.1 Å². The average molecular weight is 350 g/mol. The molecule has 3 heteroatoms. The Bertz CT molecular complexity index is 699. The molecule has 1 fully saturated rings. The van der Waals surface area contributed by atoms with Gasteiger partial charge in [0.15, 0.2) is 5.78 Å². The number of carbonyl (C=O) groups is 2. The van der Waals surface area contributed by atoms with Crippen molar-refractivity contribution >= 4 is 17.8 Å². The lowest BCUT2D eigenvalue weighted by atomic mass is 9.98. The molecule has 0 atom stereocenters. The highest BCUT2D eigenvalue weighted by molar-refractivity contribution is 5.93. The van der Waals surface area contributed by atoms with Crippen LogP contribution in [0, 0.1) is 0 Å². The zero-order valence-corrected chi connectivity index (χ0v) is 15.3. The van der Waals surface area contributed by atoms with Crippen LogP contribution in [-0.4, -0.2) is 17.9 Å². The van der Waals surface area contributed by atoms with Crippen molar-refractivity contribution in [1.82, 2.24) is 0 Å². The minimum atomic E-state index is -0.222.